The van der Waals surface area contributed by atoms with E-state index in [1.54, 1.807) is 11.1 Å². The van der Waals surface area contributed by atoms with Crippen LogP contribution in [0.15, 0.2) is 140 Å². The molecule has 5 atom stereocenters. The summed E-state index contributed by atoms with van der Waals surface area (Å²) in [5, 5.41) is 0. The van der Waals surface area contributed by atoms with Crippen LogP contribution in [0.3, 0.4) is 0 Å². The minimum absolute atomic E-state index is 0.0249. The summed E-state index contributed by atoms with van der Waals surface area (Å²) in [6.07, 6.45) is 7.97. The zero-order chi connectivity index (χ0) is 36.4. The van der Waals surface area contributed by atoms with Gasteiger partial charge in [-0.15, -0.1) is 0 Å². The molecule has 4 saturated carbocycles. The van der Waals surface area contributed by atoms with Gasteiger partial charge >= 0.3 is 0 Å². The molecule has 0 heterocycles. The molecule has 0 aliphatic heterocycles. The summed E-state index contributed by atoms with van der Waals surface area (Å²) >= 11 is 0. The lowest BCUT2D eigenvalue weighted by Crippen LogP contribution is -2.40. The lowest BCUT2D eigenvalue weighted by molar-refractivity contribution is 0.191. The first-order chi connectivity index (χ1) is 26.3. The van der Waals surface area contributed by atoms with Crippen LogP contribution in [0.2, 0.25) is 0 Å². The molecule has 6 aliphatic carbocycles. The normalized spacial score (nSPS) is 26.1. The lowest BCUT2D eigenvalue weighted by Gasteiger charge is -2.45. The number of rotatable bonds is 5. The second-order valence-electron chi connectivity index (χ2n) is 18.8. The first-order valence-corrected chi connectivity index (χ1v) is 20.7. The van der Waals surface area contributed by atoms with E-state index in [-0.39, 0.29) is 16.2 Å². The summed E-state index contributed by atoms with van der Waals surface area (Å²) in [6.45, 7) is 9.91. The molecule has 0 aromatic heterocycles. The SMILES string of the molecule is CC1(C)CCC(C)(C)c2c(N(c3ccc(-c4ccccc4)cc3)c3c(-c4ccccc4)ccc4c3-c3ccccc3C43C4CC5CC(C4)C3C5)cccc21. The molecule has 1 nitrogen and oxygen atoms in total. The molecule has 1 heteroatoms. The summed E-state index contributed by atoms with van der Waals surface area (Å²) in [5.74, 6) is 3.24. The second-order valence-corrected chi connectivity index (χ2v) is 18.8. The monoisotopic (exact) mass is 701 g/mol. The van der Waals surface area contributed by atoms with Crippen molar-refractivity contribution in [2.24, 2.45) is 23.7 Å². The topological polar surface area (TPSA) is 3.24 Å². The highest BCUT2D eigenvalue weighted by Crippen LogP contribution is 2.74. The van der Waals surface area contributed by atoms with Crippen LogP contribution in [0.5, 0.6) is 0 Å². The molecule has 4 bridgehead atoms. The van der Waals surface area contributed by atoms with Crippen LogP contribution >= 0.6 is 0 Å². The Morgan fingerprint density at radius 1 is 0.500 bits per heavy atom. The minimum Gasteiger partial charge on any atom is -0.309 e. The van der Waals surface area contributed by atoms with Gasteiger partial charge < -0.3 is 4.90 Å². The first kappa shape index (κ1) is 32.5. The quantitative estimate of drug-likeness (QED) is 0.173. The van der Waals surface area contributed by atoms with E-state index in [1.807, 2.05) is 0 Å². The number of fused-ring (bicyclic) bond motifs is 4. The summed E-state index contributed by atoms with van der Waals surface area (Å²) in [5.41, 5.74) is 18.4. The highest BCUT2D eigenvalue weighted by Gasteiger charge is 2.66. The summed E-state index contributed by atoms with van der Waals surface area (Å²) < 4.78 is 0. The Morgan fingerprint density at radius 3 is 1.93 bits per heavy atom. The Hall–Kier alpha value is -4.88. The van der Waals surface area contributed by atoms with E-state index in [4.69, 9.17) is 0 Å². The van der Waals surface area contributed by atoms with Gasteiger partial charge in [0.25, 0.3) is 0 Å². The molecule has 6 aromatic rings. The maximum Gasteiger partial charge on any atom is 0.0621 e. The van der Waals surface area contributed by atoms with Crippen molar-refractivity contribution in [1.82, 2.24) is 0 Å². The molecule has 268 valence electrons. The van der Waals surface area contributed by atoms with Crippen molar-refractivity contribution in [2.45, 2.75) is 82.5 Å². The van der Waals surface area contributed by atoms with Crippen molar-refractivity contribution in [2.75, 3.05) is 4.90 Å². The van der Waals surface area contributed by atoms with Crippen LogP contribution in [0.1, 0.15) is 88.5 Å². The van der Waals surface area contributed by atoms with Crippen LogP contribution in [-0.2, 0) is 16.2 Å². The van der Waals surface area contributed by atoms with Crippen molar-refractivity contribution >= 4 is 17.1 Å². The third kappa shape index (κ3) is 4.45. The Kier molecular flexibility index (Phi) is 6.97. The van der Waals surface area contributed by atoms with Gasteiger partial charge in [-0.25, -0.2) is 0 Å². The van der Waals surface area contributed by atoms with Crippen LogP contribution < -0.4 is 4.90 Å². The fourth-order valence-corrected chi connectivity index (χ4v) is 12.8. The van der Waals surface area contributed by atoms with Gasteiger partial charge in [0.05, 0.1) is 11.4 Å². The molecule has 1 spiro atoms. The molecule has 6 aromatic carbocycles. The second kappa shape index (κ2) is 11.6. The van der Waals surface area contributed by atoms with Crippen molar-refractivity contribution in [1.29, 1.82) is 0 Å². The Bertz CT molecular complexity index is 2410. The Labute approximate surface area is 322 Å². The van der Waals surface area contributed by atoms with E-state index < -0.39 is 0 Å². The largest absolute Gasteiger partial charge is 0.309 e. The molecule has 4 fully saturated rings. The van der Waals surface area contributed by atoms with Gasteiger partial charge in [0.15, 0.2) is 0 Å². The van der Waals surface area contributed by atoms with E-state index >= 15 is 0 Å². The molecule has 0 amide bonds. The molecule has 0 radical (unpaired) electrons. The Morgan fingerprint density at radius 2 is 1.17 bits per heavy atom. The van der Waals surface area contributed by atoms with Crippen LogP contribution in [0, 0.1) is 23.7 Å². The third-order valence-corrected chi connectivity index (χ3v) is 15.1. The zero-order valence-corrected chi connectivity index (χ0v) is 32.3. The molecular formula is C53H51N. The van der Waals surface area contributed by atoms with E-state index in [0.717, 1.165) is 23.7 Å². The predicted octanol–water partition coefficient (Wildman–Crippen LogP) is 14.2. The van der Waals surface area contributed by atoms with Crippen LogP contribution in [0.4, 0.5) is 17.1 Å². The van der Waals surface area contributed by atoms with Crippen molar-refractivity contribution in [3.05, 3.63) is 162 Å². The molecule has 0 N–H and O–H groups in total. The summed E-state index contributed by atoms with van der Waals surface area (Å²) in [4.78, 5) is 2.72. The molecule has 54 heavy (non-hydrogen) atoms. The first-order valence-electron chi connectivity index (χ1n) is 20.7. The molecular weight excluding hydrogens is 651 g/mol. The fraction of sp³-hybridized carbons (Fsp3) is 0.321. The van der Waals surface area contributed by atoms with Gasteiger partial charge in [0, 0.05) is 22.2 Å². The minimum atomic E-state index is 0.0249. The molecule has 6 aliphatic rings. The maximum atomic E-state index is 2.72. The number of nitrogens with zero attached hydrogens (tertiary/aromatic N) is 1. The summed E-state index contributed by atoms with van der Waals surface area (Å²) in [6, 6.07) is 53.5. The zero-order valence-electron chi connectivity index (χ0n) is 32.3. The highest BCUT2D eigenvalue weighted by molar-refractivity contribution is 6.03. The van der Waals surface area contributed by atoms with Gasteiger partial charge in [0.1, 0.15) is 0 Å². The number of hydrogen-bond donors (Lipinski definition) is 0. The maximum absolute atomic E-state index is 2.72. The van der Waals surface area contributed by atoms with Gasteiger partial charge in [0.2, 0.25) is 0 Å². The average Bonchev–Trinajstić information content (AvgIpc) is 3.75. The van der Waals surface area contributed by atoms with Crippen molar-refractivity contribution in [3.63, 3.8) is 0 Å². The van der Waals surface area contributed by atoms with E-state index in [1.165, 1.54) is 100 Å². The standard InChI is InChI=1S/C53H51N/c1-51(2)28-29-52(3,4)49-45(51)20-13-21-47(49)54(40-24-22-36(23-25-40)35-14-7-5-8-15-35)50-41(37-16-9-6-10-17-37)26-27-44-48(50)42-18-11-12-19-43(42)53(44)39-31-34-30-38(33-39)46(53)32-34/h5-27,34,38-39,46H,28-33H2,1-4H3. The molecule has 0 saturated heterocycles. The van der Waals surface area contributed by atoms with Gasteiger partial charge in [-0.3, -0.25) is 0 Å². The fourth-order valence-electron chi connectivity index (χ4n) is 12.8. The van der Waals surface area contributed by atoms with E-state index in [9.17, 15) is 0 Å². The summed E-state index contributed by atoms with van der Waals surface area (Å²) in [7, 11) is 0. The number of hydrogen-bond acceptors (Lipinski definition) is 1. The molecule has 5 unspecified atom stereocenters. The van der Waals surface area contributed by atoms with Gasteiger partial charge in [-0.1, -0.05) is 149 Å². The van der Waals surface area contributed by atoms with Gasteiger partial charge in [-0.05, 0) is 136 Å². The average molecular weight is 702 g/mol. The third-order valence-electron chi connectivity index (χ3n) is 15.1. The predicted molar refractivity (Wildman–Crippen MR) is 226 cm³/mol. The molecule has 12 rings (SSSR count). The van der Waals surface area contributed by atoms with Crippen LogP contribution in [-0.4, -0.2) is 0 Å². The van der Waals surface area contributed by atoms with Crippen molar-refractivity contribution in [3.8, 4) is 33.4 Å². The van der Waals surface area contributed by atoms with Gasteiger partial charge in [-0.2, -0.15) is 0 Å². The lowest BCUT2D eigenvalue weighted by atomic mass is 9.59. The Balaban J connectivity index is 1.25. The number of anilines is 3. The highest BCUT2D eigenvalue weighted by atomic mass is 15.2. The van der Waals surface area contributed by atoms with Crippen LogP contribution in [0.25, 0.3) is 33.4 Å². The van der Waals surface area contributed by atoms with E-state index in [0.29, 0.717) is 0 Å². The smallest absolute Gasteiger partial charge is 0.0621 e. The van der Waals surface area contributed by atoms with Crippen molar-refractivity contribution < 1.29 is 0 Å². The van der Waals surface area contributed by atoms with E-state index in [2.05, 4.69) is 172 Å². The number of benzene rings is 6.